The molecular weight excluding hydrogens is 238 g/mol. The highest BCUT2D eigenvalue weighted by Gasteiger charge is 2.14. The molecular formula is C12H13NOS2. The topological polar surface area (TPSA) is 20.3 Å². The van der Waals surface area contributed by atoms with Crippen molar-refractivity contribution >= 4 is 34.0 Å². The van der Waals surface area contributed by atoms with Crippen LogP contribution in [0.15, 0.2) is 29.6 Å². The summed E-state index contributed by atoms with van der Waals surface area (Å²) >= 11 is 3.29. The number of rotatable bonds is 4. The van der Waals surface area contributed by atoms with Gasteiger partial charge >= 0.3 is 0 Å². The van der Waals surface area contributed by atoms with E-state index in [1.165, 1.54) is 16.2 Å². The van der Waals surface area contributed by atoms with Gasteiger partial charge in [-0.25, -0.2) is 0 Å². The third-order valence-electron chi connectivity index (χ3n) is 2.61. The number of nitrogens with zero attached hydrogens (tertiary/aromatic N) is 1. The number of hydrogen-bond acceptors (Lipinski definition) is 4. The highest BCUT2D eigenvalue weighted by molar-refractivity contribution is 7.17. The summed E-state index contributed by atoms with van der Waals surface area (Å²) in [4.78, 5) is 14.9. The molecule has 0 aromatic carbocycles. The lowest BCUT2D eigenvalue weighted by Crippen LogP contribution is -2.19. The van der Waals surface area contributed by atoms with Gasteiger partial charge in [0.05, 0.1) is 15.9 Å². The van der Waals surface area contributed by atoms with Crippen molar-refractivity contribution in [3.8, 4) is 0 Å². The molecule has 0 spiro atoms. The molecule has 1 unspecified atom stereocenters. The van der Waals surface area contributed by atoms with E-state index in [0.717, 1.165) is 16.2 Å². The van der Waals surface area contributed by atoms with E-state index in [9.17, 15) is 4.79 Å². The summed E-state index contributed by atoms with van der Waals surface area (Å²) in [7, 11) is 2.06. The minimum atomic E-state index is 0.346. The summed E-state index contributed by atoms with van der Waals surface area (Å²) in [5.74, 6) is 0. The van der Waals surface area contributed by atoms with Crippen LogP contribution in [-0.4, -0.2) is 13.3 Å². The van der Waals surface area contributed by atoms with Gasteiger partial charge in [-0.15, -0.1) is 22.7 Å². The first-order valence-electron chi connectivity index (χ1n) is 5.03. The molecule has 0 aliphatic heterocycles. The second-order valence-electron chi connectivity index (χ2n) is 3.60. The SMILES string of the molecule is CC(c1cccs1)N(C)c1ccc(C=O)s1. The lowest BCUT2D eigenvalue weighted by atomic mass is 10.2. The first kappa shape index (κ1) is 11.4. The van der Waals surface area contributed by atoms with Crippen LogP contribution in [0, 0.1) is 0 Å². The van der Waals surface area contributed by atoms with Gasteiger partial charge in [-0.05, 0) is 30.5 Å². The van der Waals surface area contributed by atoms with E-state index < -0.39 is 0 Å². The molecule has 0 N–H and O–H groups in total. The van der Waals surface area contributed by atoms with Crippen LogP contribution in [0.5, 0.6) is 0 Å². The van der Waals surface area contributed by atoms with Gasteiger partial charge in [-0.2, -0.15) is 0 Å². The number of carbonyl (C=O) groups excluding carboxylic acids is 1. The molecule has 0 fully saturated rings. The third-order valence-corrected chi connectivity index (χ3v) is 4.76. The van der Waals surface area contributed by atoms with Crippen molar-refractivity contribution < 1.29 is 4.79 Å². The number of anilines is 1. The zero-order valence-corrected chi connectivity index (χ0v) is 10.8. The maximum Gasteiger partial charge on any atom is 0.160 e. The molecule has 16 heavy (non-hydrogen) atoms. The van der Waals surface area contributed by atoms with Crippen LogP contribution in [0.4, 0.5) is 5.00 Å². The van der Waals surface area contributed by atoms with E-state index in [4.69, 9.17) is 0 Å². The molecule has 0 bridgehead atoms. The van der Waals surface area contributed by atoms with Crippen LogP contribution in [0.2, 0.25) is 0 Å². The highest BCUT2D eigenvalue weighted by atomic mass is 32.1. The summed E-state index contributed by atoms with van der Waals surface area (Å²) in [6.45, 7) is 2.17. The quantitative estimate of drug-likeness (QED) is 0.770. The van der Waals surface area contributed by atoms with Crippen LogP contribution in [0.25, 0.3) is 0 Å². The molecule has 0 aliphatic carbocycles. The average molecular weight is 251 g/mol. The van der Waals surface area contributed by atoms with Crippen molar-refractivity contribution in [1.29, 1.82) is 0 Å². The summed E-state index contributed by atoms with van der Waals surface area (Å²) in [5, 5.41) is 3.22. The molecule has 2 aromatic rings. The minimum Gasteiger partial charge on any atom is -0.359 e. The molecule has 0 saturated carbocycles. The molecule has 2 nitrogen and oxygen atoms in total. The number of carbonyl (C=O) groups is 1. The molecule has 2 heterocycles. The first-order chi connectivity index (χ1) is 7.72. The van der Waals surface area contributed by atoms with Gasteiger partial charge in [0.1, 0.15) is 0 Å². The second kappa shape index (κ2) is 4.80. The van der Waals surface area contributed by atoms with Crippen molar-refractivity contribution in [3.63, 3.8) is 0 Å². The van der Waals surface area contributed by atoms with E-state index in [1.54, 1.807) is 11.3 Å². The van der Waals surface area contributed by atoms with Gasteiger partial charge in [0.15, 0.2) is 6.29 Å². The molecule has 0 saturated heterocycles. The zero-order chi connectivity index (χ0) is 11.5. The fraction of sp³-hybridized carbons (Fsp3) is 0.250. The molecule has 4 heteroatoms. The Kier molecular flexibility index (Phi) is 3.41. The van der Waals surface area contributed by atoms with Gasteiger partial charge in [-0.3, -0.25) is 4.79 Å². The Bertz CT molecular complexity index is 461. The average Bonchev–Trinajstić information content (AvgIpc) is 2.97. The van der Waals surface area contributed by atoms with Crippen molar-refractivity contribution in [3.05, 3.63) is 39.4 Å². The Labute approximate surface area is 103 Å². The Morgan fingerprint density at radius 3 is 2.75 bits per heavy atom. The van der Waals surface area contributed by atoms with Crippen molar-refractivity contribution in [2.75, 3.05) is 11.9 Å². The van der Waals surface area contributed by atoms with Crippen LogP contribution in [0.3, 0.4) is 0 Å². The molecule has 0 radical (unpaired) electrons. The Balaban J connectivity index is 2.18. The molecule has 0 amide bonds. The maximum atomic E-state index is 10.6. The number of aldehydes is 1. The van der Waals surface area contributed by atoms with Crippen LogP contribution in [-0.2, 0) is 0 Å². The van der Waals surface area contributed by atoms with E-state index in [0.29, 0.717) is 6.04 Å². The molecule has 1 atom stereocenters. The van der Waals surface area contributed by atoms with E-state index in [-0.39, 0.29) is 0 Å². The zero-order valence-electron chi connectivity index (χ0n) is 9.21. The van der Waals surface area contributed by atoms with E-state index in [1.807, 2.05) is 12.1 Å². The van der Waals surface area contributed by atoms with E-state index >= 15 is 0 Å². The van der Waals surface area contributed by atoms with Gasteiger partial charge in [0, 0.05) is 11.9 Å². The Hall–Kier alpha value is -1.13. The molecule has 2 aromatic heterocycles. The maximum absolute atomic E-state index is 10.6. The normalized spacial score (nSPS) is 12.4. The fourth-order valence-electron chi connectivity index (χ4n) is 1.51. The molecule has 84 valence electrons. The van der Waals surface area contributed by atoms with Crippen molar-refractivity contribution in [1.82, 2.24) is 0 Å². The fourth-order valence-corrected chi connectivity index (χ4v) is 3.20. The highest BCUT2D eigenvalue weighted by Crippen LogP contribution is 2.32. The van der Waals surface area contributed by atoms with Crippen molar-refractivity contribution in [2.45, 2.75) is 13.0 Å². The third kappa shape index (κ3) is 2.18. The van der Waals surface area contributed by atoms with Gasteiger partial charge in [0.25, 0.3) is 0 Å². The second-order valence-corrected chi connectivity index (χ2v) is 5.67. The summed E-state index contributed by atoms with van der Waals surface area (Å²) < 4.78 is 0. The molecule has 0 aliphatic rings. The minimum absolute atomic E-state index is 0.346. The lowest BCUT2D eigenvalue weighted by molar-refractivity contribution is 0.112. The van der Waals surface area contributed by atoms with E-state index in [2.05, 4.69) is 36.4 Å². The largest absolute Gasteiger partial charge is 0.359 e. The Morgan fingerprint density at radius 1 is 1.38 bits per heavy atom. The monoisotopic (exact) mass is 251 g/mol. The first-order valence-corrected chi connectivity index (χ1v) is 6.73. The van der Waals surface area contributed by atoms with Gasteiger partial charge in [-0.1, -0.05) is 6.07 Å². The van der Waals surface area contributed by atoms with Gasteiger partial charge < -0.3 is 4.90 Å². The molecule has 2 rings (SSSR count). The number of hydrogen-bond donors (Lipinski definition) is 0. The standard InChI is InChI=1S/C12H13NOS2/c1-9(11-4-3-7-15-11)13(2)12-6-5-10(8-14)16-12/h3-9H,1-2H3. The van der Waals surface area contributed by atoms with Crippen LogP contribution in [0.1, 0.15) is 27.5 Å². The predicted octanol–water partition coefficient (Wildman–Crippen LogP) is 3.82. The smallest absolute Gasteiger partial charge is 0.160 e. The van der Waals surface area contributed by atoms with Crippen LogP contribution >= 0.6 is 22.7 Å². The summed E-state index contributed by atoms with van der Waals surface area (Å²) in [6, 6.07) is 8.41. The van der Waals surface area contributed by atoms with Gasteiger partial charge in [0.2, 0.25) is 0 Å². The summed E-state index contributed by atoms with van der Waals surface area (Å²) in [5.41, 5.74) is 0. The van der Waals surface area contributed by atoms with Crippen LogP contribution < -0.4 is 4.90 Å². The number of thiophene rings is 2. The summed E-state index contributed by atoms with van der Waals surface area (Å²) in [6.07, 6.45) is 0.901. The van der Waals surface area contributed by atoms with Crippen molar-refractivity contribution in [2.24, 2.45) is 0 Å². The Morgan fingerprint density at radius 2 is 2.19 bits per heavy atom. The predicted molar refractivity (Wildman–Crippen MR) is 70.8 cm³/mol. The lowest BCUT2D eigenvalue weighted by Gasteiger charge is -2.24.